The average Bonchev–Trinajstić information content (AvgIpc) is 3.04. The molecule has 0 aliphatic rings. The number of fused-ring (bicyclic) bond motifs is 1. The van der Waals surface area contributed by atoms with Gasteiger partial charge in [-0.25, -0.2) is 14.8 Å². The predicted molar refractivity (Wildman–Crippen MR) is 84.6 cm³/mol. The lowest BCUT2D eigenvalue weighted by Gasteiger charge is -2.04. The van der Waals surface area contributed by atoms with Crippen LogP contribution in [0.25, 0.3) is 10.2 Å². The highest BCUT2D eigenvalue weighted by atomic mass is 32.1. The van der Waals surface area contributed by atoms with Crippen LogP contribution in [0.5, 0.6) is 0 Å². The van der Waals surface area contributed by atoms with Crippen LogP contribution >= 0.6 is 11.3 Å². The molecule has 114 valence electrons. The van der Waals surface area contributed by atoms with Gasteiger partial charge in [0.1, 0.15) is 21.9 Å². The number of hydrogen-bond donors (Lipinski definition) is 1. The summed E-state index contributed by atoms with van der Waals surface area (Å²) in [7, 11) is 1.84. The fourth-order valence-corrected chi connectivity index (χ4v) is 3.22. The molecule has 3 aromatic heterocycles. The number of ether oxygens (including phenoxy) is 1. The molecule has 8 heteroatoms. The van der Waals surface area contributed by atoms with E-state index in [1.807, 2.05) is 20.2 Å². The fraction of sp³-hybridized carbons (Fsp3) is 0.286. The molecule has 7 nitrogen and oxygen atoms in total. The van der Waals surface area contributed by atoms with Crippen LogP contribution in [0, 0.1) is 6.92 Å². The number of carbonyl (C=O) groups excluding carboxylic acids is 1. The number of aromatic nitrogens is 4. The molecule has 0 saturated heterocycles. The number of rotatable bonds is 4. The minimum Gasteiger partial charge on any atom is -0.462 e. The Morgan fingerprint density at radius 3 is 2.95 bits per heavy atom. The summed E-state index contributed by atoms with van der Waals surface area (Å²) in [6, 6.07) is 0. The number of nitrogens with one attached hydrogen (secondary N) is 1. The minimum atomic E-state index is -0.324. The lowest BCUT2D eigenvalue weighted by molar-refractivity contribution is 0.0531. The van der Waals surface area contributed by atoms with Crippen LogP contribution in [0.4, 0.5) is 11.5 Å². The monoisotopic (exact) mass is 317 g/mol. The quantitative estimate of drug-likeness (QED) is 0.745. The predicted octanol–water partition coefficient (Wildman–Crippen LogP) is 2.65. The van der Waals surface area contributed by atoms with Crippen LogP contribution in [-0.2, 0) is 11.8 Å². The first-order valence-electron chi connectivity index (χ1n) is 6.77. The number of thiophene rings is 1. The summed E-state index contributed by atoms with van der Waals surface area (Å²) < 4.78 is 6.79. The molecule has 1 N–H and O–H groups in total. The Morgan fingerprint density at radius 2 is 2.27 bits per heavy atom. The van der Waals surface area contributed by atoms with Crippen LogP contribution in [0.1, 0.15) is 22.2 Å². The van der Waals surface area contributed by atoms with E-state index in [1.54, 1.807) is 17.8 Å². The highest BCUT2D eigenvalue weighted by molar-refractivity contribution is 7.20. The lowest BCUT2D eigenvalue weighted by atomic mass is 10.2. The van der Waals surface area contributed by atoms with Crippen LogP contribution in [0.3, 0.4) is 0 Å². The molecule has 0 aliphatic carbocycles. The van der Waals surface area contributed by atoms with Crippen molar-refractivity contribution >= 4 is 39.0 Å². The molecule has 0 amide bonds. The molecule has 3 aromatic rings. The zero-order valence-corrected chi connectivity index (χ0v) is 13.3. The van der Waals surface area contributed by atoms with Crippen LogP contribution in [0.15, 0.2) is 18.7 Å². The average molecular weight is 317 g/mol. The van der Waals surface area contributed by atoms with Gasteiger partial charge < -0.3 is 10.1 Å². The molecule has 0 aliphatic heterocycles. The largest absolute Gasteiger partial charge is 0.462 e. The van der Waals surface area contributed by atoms with Gasteiger partial charge in [-0.2, -0.15) is 5.10 Å². The number of nitrogens with zero attached hydrogens (tertiary/aromatic N) is 4. The molecule has 0 bridgehead atoms. The minimum absolute atomic E-state index is 0.324. The first-order chi connectivity index (χ1) is 10.6. The molecular formula is C14H15N5O2S. The van der Waals surface area contributed by atoms with E-state index in [4.69, 9.17) is 4.74 Å². The Hall–Kier alpha value is -2.48. The van der Waals surface area contributed by atoms with E-state index in [9.17, 15) is 4.79 Å². The molecular weight excluding hydrogens is 302 g/mol. The third kappa shape index (κ3) is 2.52. The zero-order valence-electron chi connectivity index (χ0n) is 12.5. The number of esters is 1. The second kappa shape index (κ2) is 5.72. The summed E-state index contributed by atoms with van der Waals surface area (Å²) in [4.78, 5) is 21.9. The molecule has 0 atom stereocenters. The maximum Gasteiger partial charge on any atom is 0.348 e. The summed E-state index contributed by atoms with van der Waals surface area (Å²) in [6.07, 6.45) is 5.04. The fourth-order valence-electron chi connectivity index (χ4n) is 2.18. The van der Waals surface area contributed by atoms with Gasteiger partial charge in [0, 0.05) is 13.2 Å². The summed E-state index contributed by atoms with van der Waals surface area (Å²) in [5.41, 5.74) is 1.65. The zero-order chi connectivity index (χ0) is 15.7. The van der Waals surface area contributed by atoms with Crippen molar-refractivity contribution in [3.05, 3.63) is 29.2 Å². The van der Waals surface area contributed by atoms with Crippen molar-refractivity contribution in [2.24, 2.45) is 7.05 Å². The topological polar surface area (TPSA) is 81.9 Å². The molecule has 3 heterocycles. The van der Waals surface area contributed by atoms with Gasteiger partial charge in [-0.3, -0.25) is 4.68 Å². The van der Waals surface area contributed by atoms with Gasteiger partial charge in [0.25, 0.3) is 0 Å². The van der Waals surface area contributed by atoms with Crippen molar-refractivity contribution in [1.29, 1.82) is 0 Å². The molecule has 3 rings (SSSR count). The maximum atomic E-state index is 12.0. The van der Waals surface area contributed by atoms with E-state index >= 15 is 0 Å². The first kappa shape index (κ1) is 14.5. The van der Waals surface area contributed by atoms with E-state index in [0.717, 1.165) is 21.5 Å². The Morgan fingerprint density at radius 1 is 1.45 bits per heavy atom. The Balaban J connectivity index is 2.06. The SMILES string of the molecule is CCOC(=O)c1sc2ncnc(Nc3cnn(C)c3)c2c1C. The van der Waals surface area contributed by atoms with Crippen LogP contribution in [0.2, 0.25) is 0 Å². The Labute approximate surface area is 131 Å². The van der Waals surface area contributed by atoms with Crippen LogP contribution in [-0.4, -0.2) is 32.3 Å². The van der Waals surface area contributed by atoms with E-state index in [1.165, 1.54) is 17.7 Å². The van der Waals surface area contributed by atoms with Crippen molar-refractivity contribution in [1.82, 2.24) is 19.7 Å². The third-order valence-corrected chi connectivity index (χ3v) is 4.34. The normalized spacial score (nSPS) is 10.9. The van der Waals surface area contributed by atoms with Crippen molar-refractivity contribution in [2.45, 2.75) is 13.8 Å². The van der Waals surface area contributed by atoms with Crippen molar-refractivity contribution in [2.75, 3.05) is 11.9 Å². The molecule has 0 radical (unpaired) electrons. The molecule has 0 unspecified atom stereocenters. The van der Waals surface area contributed by atoms with Gasteiger partial charge in [0.15, 0.2) is 0 Å². The summed E-state index contributed by atoms with van der Waals surface area (Å²) in [6.45, 7) is 4.01. The second-order valence-electron chi connectivity index (χ2n) is 4.71. The number of hydrogen-bond acceptors (Lipinski definition) is 7. The van der Waals surface area contributed by atoms with Gasteiger partial charge >= 0.3 is 5.97 Å². The van der Waals surface area contributed by atoms with Gasteiger partial charge in [-0.1, -0.05) is 0 Å². The standard InChI is InChI=1S/C14H15N5O2S/c1-4-21-14(20)11-8(2)10-12(15-7-16-13(10)22-11)18-9-5-17-19(3)6-9/h5-7H,4H2,1-3H3,(H,15,16,18). The van der Waals surface area contributed by atoms with E-state index in [-0.39, 0.29) is 5.97 Å². The molecule has 22 heavy (non-hydrogen) atoms. The number of carbonyl (C=O) groups is 1. The molecule has 0 spiro atoms. The summed E-state index contributed by atoms with van der Waals surface area (Å²) in [5, 5.41) is 8.16. The second-order valence-corrected chi connectivity index (χ2v) is 5.71. The van der Waals surface area contributed by atoms with E-state index in [0.29, 0.717) is 17.3 Å². The van der Waals surface area contributed by atoms with Gasteiger partial charge in [-0.05, 0) is 19.4 Å². The number of anilines is 2. The van der Waals surface area contributed by atoms with Crippen molar-refractivity contribution < 1.29 is 9.53 Å². The van der Waals surface area contributed by atoms with Crippen LogP contribution < -0.4 is 5.32 Å². The smallest absolute Gasteiger partial charge is 0.348 e. The third-order valence-electron chi connectivity index (χ3n) is 3.16. The highest BCUT2D eigenvalue weighted by Gasteiger charge is 2.20. The Bertz CT molecular complexity index is 839. The summed E-state index contributed by atoms with van der Waals surface area (Å²) >= 11 is 1.32. The molecule has 0 aromatic carbocycles. The summed E-state index contributed by atoms with van der Waals surface area (Å²) in [5.74, 6) is 0.331. The molecule has 0 saturated carbocycles. The van der Waals surface area contributed by atoms with Gasteiger partial charge in [0.05, 0.1) is 23.9 Å². The maximum absolute atomic E-state index is 12.0. The van der Waals surface area contributed by atoms with E-state index in [2.05, 4.69) is 20.4 Å². The first-order valence-corrected chi connectivity index (χ1v) is 7.58. The Kier molecular flexibility index (Phi) is 3.76. The highest BCUT2D eigenvalue weighted by Crippen LogP contribution is 2.34. The number of aryl methyl sites for hydroxylation is 2. The van der Waals surface area contributed by atoms with Crippen molar-refractivity contribution in [3.8, 4) is 0 Å². The van der Waals surface area contributed by atoms with E-state index < -0.39 is 0 Å². The van der Waals surface area contributed by atoms with Crippen molar-refractivity contribution in [3.63, 3.8) is 0 Å². The lowest BCUT2D eigenvalue weighted by Crippen LogP contribution is -2.03. The molecule has 0 fully saturated rings. The van der Waals surface area contributed by atoms with Gasteiger partial charge in [0.2, 0.25) is 0 Å². The van der Waals surface area contributed by atoms with Gasteiger partial charge in [-0.15, -0.1) is 11.3 Å².